The normalized spacial score (nSPS) is 26.6. The van der Waals surface area contributed by atoms with Crippen molar-refractivity contribution in [3.05, 3.63) is 70.1 Å². The monoisotopic (exact) mass is 431 g/mol. The summed E-state index contributed by atoms with van der Waals surface area (Å²) in [5.41, 5.74) is 4.94. The zero-order chi connectivity index (χ0) is 21.4. The van der Waals surface area contributed by atoms with E-state index < -0.39 is 11.9 Å². The van der Waals surface area contributed by atoms with Gasteiger partial charge in [0.25, 0.3) is 0 Å². The number of carbonyl (C=O) groups excluding carboxylic acids is 2. The Balaban J connectivity index is 1.50. The number of aliphatic imine (C=N–C) groups is 2. The summed E-state index contributed by atoms with van der Waals surface area (Å²) in [6.45, 7) is 0.603. The number of methoxy groups -OCH3 is 1. The van der Waals surface area contributed by atoms with Crippen LogP contribution in [-0.4, -0.2) is 42.8 Å². The van der Waals surface area contributed by atoms with Crippen LogP contribution in [0.1, 0.15) is 33.8 Å². The number of benzene rings is 2. The van der Waals surface area contributed by atoms with Crippen LogP contribution in [0.4, 0.5) is 5.69 Å². The molecule has 0 saturated heterocycles. The van der Waals surface area contributed by atoms with Gasteiger partial charge < -0.3 is 10.1 Å². The van der Waals surface area contributed by atoms with Crippen molar-refractivity contribution in [3.63, 3.8) is 0 Å². The first-order chi connectivity index (χ1) is 15.2. The molecule has 1 aliphatic carbocycles. The number of esters is 1. The van der Waals surface area contributed by atoms with Crippen LogP contribution in [0.2, 0.25) is 0 Å². The second-order valence-corrected chi connectivity index (χ2v) is 8.70. The summed E-state index contributed by atoms with van der Waals surface area (Å²) in [5, 5.41) is 3.26. The molecule has 3 aliphatic rings. The van der Waals surface area contributed by atoms with E-state index in [-0.39, 0.29) is 11.8 Å². The molecule has 1 N–H and O–H groups in total. The molecule has 0 bridgehead atoms. The average molecular weight is 432 g/mol. The van der Waals surface area contributed by atoms with Gasteiger partial charge >= 0.3 is 5.97 Å². The van der Waals surface area contributed by atoms with E-state index in [4.69, 9.17) is 9.73 Å². The Morgan fingerprint density at radius 1 is 1.23 bits per heavy atom. The highest BCUT2D eigenvalue weighted by Gasteiger charge is 2.44. The SMILES string of the molecule is COC(=O)C1C(=O)c2c(/C=C3/CN=CS3)cccc2NC1=N[C@@H]1C[C@H]1c1ccccc1. The number of amidine groups is 1. The maximum Gasteiger partial charge on any atom is 0.324 e. The number of nitrogens with one attached hydrogen (secondary N) is 1. The lowest BCUT2D eigenvalue weighted by Gasteiger charge is -2.26. The quantitative estimate of drug-likeness (QED) is 0.581. The molecule has 0 radical (unpaired) electrons. The zero-order valence-electron chi connectivity index (χ0n) is 16.9. The number of hydrogen-bond acceptors (Lipinski definition) is 6. The highest BCUT2D eigenvalue weighted by molar-refractivity contribution is 8.15. The molecule has 2 heterocycles. The molecule has 3 atom stereocenters. The molecule has 2 aromatic rings. The number of carbonyl (C=O) groups is 2. The van der Waals surface area contributed by atoms with Gasteiger partial charge in [0.15, 0.2) is 11.7 Å². The van der Waals surface area contributed by atoms with Gasteiger partial charge in [0.2, 0.25) is 0 Å². The second kappa shape index (κ2) is 8.15. The van der Waals surface area contributed by atoms with Crippen LogP contribution in [-0.2, 0) is 9.53 Å². The molecule has 7 heteroatoms. The van der Waals surface area contributed by atoms with Crippen molar-refractivity contribution >= 4 is 46.7 Å². The first-order valence-electron chi connectivity index (χ1n) is 10.2. The van der Waals surface area contributed by atoms with E-state index >= 15 is 0 Å². The molecule has 0 amide bonds. The number of fused-ring (bicyclic) bond motifs is 1. The van der Waals surface area contributed by atoms with Gasteiger partial charge in [0.1, 0.15) is 5.84 Å². The van der Waals surface area contributed by atoms with Crippen molar-refractivity contribution in [1.82, 2.24) is 0 Å². The smallest absolute Gasteiger partial charge is 0.324 e. The minimum absolute atomic E-state index is 0.0451. The molecule has 0 spiro atoms. The fraction of sp³-hybridized carbons (Fsp3) is 0.250. The summed E-state index contributed by atoms with van der Waals surface area (Å²) in [7, 11) is 1.30. The van der Waals surface area contributed by atoms with Crippen LogP contribution in [0.15, 0.2) is 63.4 Å². The van der Waals surface area contributed by atoms with Crippen LogP contribution in [0.3, 0.4) is 0 Å². The van der Waals surface area contributed by atoms with Crippen molar-refractivity contribution in [2.24, 2.45) is 15.9 Å². The number of Topliss-reactive ketones (excluding diaryl/α,β-unsaturated/α-hetero) is 1. The van der Waals surface area contributed by atoms with Crippen LogP contribution >= 0.6 is 11.8 Å². The molecule has 5 rings (SSSR count). The minimum atomic E-state index is -1.08. The largest absolute Gasteiger partial charge is 0.468 e. The molecular formula is C24H21N3O3S. The molecule has 2 aliphatic heterocycles. The molecular weight excluding hydrogens is 410 g/mol. The van der Waals surface area contributed by atoms with Crippen molar-refractivity contribution < 1.29 is 14.3 Å². The number of hydrogen-bond donors (Lipinski definition) is 1. The molecule has 156 valence electrons. The maximum absolute atomic E-state index is 13.5. The molecule has 1 fully saturated rings. The van der Waals surface area contributed by atoms with Gasteiger partial charge in [-0.05, 0) is 29.7 Å². The Morgan fingerprint density at radius 3 is 2.81 bits per heavy atom. The molecule has 1 unspecified atom stereocenters. The van der Waals surface area contributed by atoms with Crippen molar-refractivity contribution in [2.45, 2.75) is 18.4 Å². The van der Waals surface area contributed by atoms with E-state index in [9.17, 15) is 9.59 Å². The molecule has 1 saturated carbocycles. The van der Waals surface area contributed by atoms with Crippen LogP contribution in [0.25, 0.3) is 6.08 Å². The third kappa shape index (κ3) is 3.81. The second-order valence-electron chi connectivity index (χ2n) is 7.72. The summed E-state index contributed by atoms with van der Waals surface area (Å²) in [6, 6.07) is 15.8. The van der Waals surface area contributed by atoms with E-state index in [2.05, 4.69) is 22.4 Å². The minimum Gasteiger partial charge on any atom is -0.468 e. The Hall–Kier alpha value is -3.19. The standard InChI is InChI=1S/C24H21N3O3S/c1-30-24(29)21-22(28)20-15(10-16-12-25-13-31-16)8-5-9-18(20)26-23(21)27-19-11-17(19)14-6-3-2-4-7-14/h2-10,13,17,19,21H,11-12H2,1H3,(H,26,27)/b16-10-/t17-,19+,21?/m0/s1. The van der Waals surface area contributed by atoms with E-state index in [1.165, 1.54) is 24.4 Å². The van der Waals surface area contributed by atoms with Crippen LogP contribution < -0.4 is 5.32 Å². The third-order valence-corrected chi connectivity index (χ3v) is 6.51. The Kier molecular flexibility index (Phi) is 5.19. The summed E-state index contributed by atoms with van der Waals surface area (Å²) in [6.07, 6.45) is 2.85. The lowest BCUT2D eigenvalue weighted by molar-refractivity contribution is -0.141. The topological polar surface area (TPSA) is 80.1 Å². The summed E-state index contributed by atoms with van der Waals surface area (Å²) >= 11 is 1.54. The number of anilines is 1. The Labute approximate surface area is 184 Å². The Morgan fingerprint density at radius 2 is 2.06 bits per heavy atom. The molecule has 31 heavy (non-hydrogen) atoms. The van der Waals surface area contributed by atoms with Gasteiger partial charge in [-0.25, -0.2) is 0 Å². The van der Waals surface area contributed by atoms with Crippen LogP contribution in [0, 0.1) is 5.92 Å². The fourth-order valence-corrected chi connectivity index (χ4v) is 4.70. The highest BCUT2D eigenvalue weighted by Crippen LogP contribution is 2.44. The lowest BCUT2D eigenvalue weighted by Crippen LogP contribution is -2.42. The predicted molar refractivity (Wildman–Crippen MR) is 124 cm³/mol. The van der Waals surface area contributed by atoms with Crippen molar-refractivity contribution in [2.75, 3.05) is 19.0 Å². The number of thioether (sulfide) groups is 1. The van der Waals surface area contributed by atoms with Crippen LogP contribution in [0.5, 0.6) is 0 Å². The van der Waals surface area contributed by atoms with E-state index in [1.807, 2.05) is 42.5 Å². The lowest BCUT2D eigenvalue weighted by atomic mass is 9.88. The average Bonchev–Trinajstić information content (AvgIpc) is 3.36. The maximum atomic E-state index is 13.5. The van der Waals surface area contributed by atoms with Gasteiger partial charge in [-0.2, -0.15) is 0 Å². The number of ether oxygens (including phenoxy) is 1. The Bertz CT molecular complexity index is 1130. The van der Waals surface area contributed by atoms with Gasteiger partial charge in [0, 0.05) is 16.4 Å². The zero-order valence-corrected chi connectivity index (χ0v) is 17.8. The van der Waals surface area contributed by atoms with Gasteiger partial charge in [-0.3, -0.25) is 19.6 Å². The van der Waals surface area contributed by atoms with E-state index in [0.29, 0.717) is 29.5 Å². The van der Waals surface area contributed by atoms with Gasteiger partial charge in [-0.1, -0.05) is 54.2 Å². The van der Waals surface area contributed by atoms with E-state index in [0.717, 1.165) is 16.9 Å². The molecule has 6 nitrogen and oxygen atoms in total. The van der Waals surface area contributed by atoms with Gasteiger partial charge in [-0.15, -0.1) is 0 Å². The summed E-state index contributed by atoms with van der Waals surface area (Å²) in [5.74, 6) is -1.29. The van der Waals surface area contributed by atoms with Crippen molar-refractivity contribution in [3.8, 4) is 0 Å². The highest BCUT2D eigenvalue weighted by atomic mass is 32.2. The van der Waals surface area contributed by atoms with Gasteiger partial charge in [0.05, 0.1) is 30.9 Å². The fourth-order valence-electron chi connectivity index (χ4n) is 4.08. The predicted octanol–water partition coefficient (Wildman–Crippen LogP) is 4.15. The van der Waals surface area contributed by atoms with Crippen molar-refractivity contribution in [1.29, 1.82) is 0 Å². The summed E-state index contributed by atoms with van der Waals surface area (Å²) < 4.78 is 4.97. The first kappa shape index (κ1) is 19.8. The number of ketones is 1. The third-order valence-electron chi connectivity index (χ3n) is 5.71. The number of nitrogens with zero attached hydrogens (tertiary/aromatic N) is 2. The summed E-state index contributed by atoms with van der Waals surface area (Å²) in [4.78, 5) is 36.1. The molecule has 2 aromatic carbocycles. The molecule has 0 aromatic heterocycles. The number of rotatable bonds is 4. The first-order valence-corrected chi connectivity index (χ1v) is 11.0. The van der Waals surface area contributed by atoms with E-state index in [1.54, 1.807) is 5.55 Å².